The van der Waals surface area contributed by atoms with Crippen LogP contribution in [-0.4, -0.2) is 29.3 Å². The van der Waals surface area contributed by atoms with Gasteiger partial charge in [0.25, 0.3) is 5.91 Å². The Morgan fingerprint density at radius 3 is 2.69 bits per heavy atom. The maximum absolute atomic E-state index is 13.7. The largest absolute Gasteiger partial charge is 0.455 e. The highest BCUT2D eigenvalue weighted by atomic mass is 35.5. The summed E-state index contributed by atoms with van der Waals surface area (Å²) < 4.78 is 18.8. The van der Waals surface area contributed by atoms with Crippen molar-refractivity contribution in [2.75, 3.05) is 11.9 Å². The fourth-order valence-electron chi connectivity index (χ4n) is 3.05. The van der Waals surface area contributed by atoms with Crippen LogP contribution in [0.4, 0.5) is 10.1 Å². The summed E-state index contributed by atoms with van der Waals surface area (Å²) in [5.74, 6) is -2.26. The smallest absolute Gasteiger partial charge is 0.308 e. The lowest BCUT2D eigenvalue weighted by molar-refractivity contribution is -0.149. The number of rotatable bonds is 5. The third kappa shape index (κ3) is 5.00. The zero-order valence-electron chi connectivity index (χ0n) is 15.5. The quantitative estimate of drug-likeness (QED) is 0.749. The highest BCUT2D eigenvalue weighted by molar-refractivity contribution is 6.30. The van der Waals surface area contributed by atoms with Gasteiger partial charge in [0.05, 0.1) is 18.2 Å². The highest BCUT2D eigenvalue weighted by Gasteiger charge is 2.29. The van der Waals surface area contributed by atoms with Crippen molar-refractivity contribution in [3.05, 3.63) is 70.6 Å². The van der Waals surface area contributed by atoms with Gasteiger partial charge < -0.3 is 15.0 Å². The second kappa shape index (κ2) is 8.87. The molecule has 0 unspecified atom stereocenters. The van der Waals surface area contributed by atoms with Gasteiger partial charge in [0.15, 0.2) is 6.61 Å². The van der Waals surface area contributed by atoms with Crippen molar-refractivity contribution in [3.63, 3.8) is 0 Å². The van der Waals surface area contributed by atoms with Crippen molar-refractivity contribution in [2.45, 2.75) is 19.4 Å². The van der Waals surface area contributed by atoms with Gasteiger partial charge in [-0.3, -0.25) is 14.4 Å². The molecule has 0 bridgehead atoms. The molecule has 2 amide bonds. The van der Waals surface area contributed by atoms with Gasteiger partial charge in [0.1, 0.15) is 5.82 Å². The number of ether oxygens (including phenoxy) is 1. The zero-order chi connectivity index (χ0) is 21.0. The van der Waals surface area contributed by atoms with Gasteiger partial charge in [0.2, 0.25) is 5.91 Å². The number of carbonyl (C=O) groups is 3. The minimum Gasteiger partial charge on any atom is -0.455 e. The van der Waals surface area contributed by atoms with Crippen LogP contribution in [0.1, 0.15) is 30.5 Å². The van der Waals surface area contributed by atoms with E-state index >= 15 is 0 Å². The summed E-state index contributed by atoms with van der Waals surface area (Å²) in [6.45, 7) is 0.829. The maximum Gasteiger partial charge on any atom is 0.308 e. The van der Waals surface area contributed by atoms with E-state index in [0.29, 0.717) is 0 Å². The monoisotopic (exact) mass is 416 g/mol. The average molecular weight is 417 g/mol. The molecular formula is C21H18ClFN2O4. The predicted molar refractivity (Wildman–Crippen MR) is 106 cm³/mol. The summed E-state index contributed by atoms with van der Waals surface area (Å²) in [5.41, 5.74) is 1.65. The summed E-state index contributed by atoms with van der Waals surface area (Å²) in [6, 6.07) is 10.7. The third-order valence-corrected chi connectivity index (χ3v) is 4.63. The van der Waals surface area contributed by atoms with Crippen molar-refractivity contribution in [3.8, 4) is 0 Å². The molecule has 0 fully saturated rings. The summed E-state index contributed by atoms with van der Waals surface area (Å²) in [7, 11) is 0. The fourth-order valence-corrected chi connectivity index (χ4v) is 3.21. The Morgan fingerprint density at radius 1 is 1.21 bits per heavy atom. The van der Waals surface area contributed by atoms with Crippen molar-refractivity contribution < 1.29 is 23.5 Å². The Kier molecular flexibility index (Phi) is 6.29. The van der Waals surface area contributed by atoms with E-state index in [-0.39, 0.29) is 23.0 Å². The first-order valence-corrected chi connectivity index (χ1v) is 9.19. The molecule has 1 atom stereocenters. The van der Waals surface area contributed by atoms with Crippen molar-refractivity contribution in [1.29, 1.82) is 0 Å². The first-order valence-electron chi connectivity index (χ1n) is 8.81. The molecule has 1 aliphatic heterocycles. The first-order chi connectivity index (χ1) is 13.8. The molecule has 0 aliphatic carbocycles. The van der Waals surface area contributed by atoms with Crippen LogP contribution in [-0.2, 0) is 19.1 Å². The molecule has 0 aromatic heterocycles. The number of hydrogen-bond acceptors (Lipinski definition) is 4. The van der Waals surface area contributed by atoms with Crippen molar-refractivity contribution in [1.82, 2.24) is 4.90 Å². The number of nitrogens with one attached hydrogen (secondary N) is 1. The number of carbonyl (C=O) groups excluding carboxylic acids is 3. The van der Waals surface area contributed by atoms with E-state index in [4.69, 9.17) is 16.3 Å². The second-order valence-electron chi connectivity index (χ2n) is 6.42. The fraction of sp³-hybridized carbons (Fsp3) is 0.190. The Balaban J connectivity index is 1.61. The molecule has 8 heteroatoms. The van der Waals surface area contributed by atoms with Crippen molar-refractivity contribution >= 4 is 41.1 Å². The lowest BCUT2D eigenvalue weighted by Gasteiger charge is -2.32. The number of halogens is 2. The lowest BCUT2D eigenvalue weighted by atomic mass is 9.94. The van der Waals surface area contributed by atoms with E-state index in [0.717, 1.165) is 17.2 Å². The predicted octanol–water partition coefficient (Wildman–Crippen LogP) is 3.93. The molecule has 0 spiro atoms. The van der Waals surface area contributed by atoms with Gasteiger partial charge in [-0.1, -0.05) is 35.9 Å². The van der Waals surface area contributed by atoms with Crippen LogP contribution in [0.5, 0.6) is 0 Å². The summed E-state index contributed by atoms with van der Waals surface area (Å²) in [5, 5.41) is 2.51. The molecule has 6 nitrogen and oxygen atoms in total. The average Bonchev–Trinajstić information content (AvgIpc) is 2.68. The molecule has 1 N–H and O–H groups in total. The summed E-state index contributed by atoms with van der Waals surface area (Å²) in [4.78, 5) is 37.6. The highest BCUT2D eigenvalue weighted by Crippen LogP contribution is 2.33. The molecule has 0 radical (unpaired) electrons. The Morgan fingerprint density at radius 2 is 1.97 bits per heavy atom. The zero-order valence-corrected chi connectivity index (χ0v) is 16.3. The van der Waals surface area contributed by atoms with Gasteiger partial charge in [-0.2, -0.15) is 0 Å². The van der Waals surface area contributed by atoms with Gasteiger partial charge in [-0.25, -0.2) is 4.39 Å². The van der Waals surface area contributed by atoms with E-state index in [1.807, 2.05) is 24.3 Å². The van der Waals surface area contributed by atoms with Crippen LogP contribution in [0.3, 0.4) is 0 Å². The van der Waals surface area contributed by atoms with E-state index in [2.05, 4.69) is 5.32 Å². The third-order valence-electron chi connectivity index (χ3n) is 4.40. The Hall–Kier alpha value is -3.19. The molecule has 1 heterocycles. The molecule has 1 aliphatic rings. The number of hydrogen-bond donors (Lipinski definition) is 1. The molecule has 2 aromatic carbocycles. The molecule has 2 aromatic rings. The normalized spacial score (nSPS) is 14.9. The lowest BCUT2D eigenvalue weighted by Crippen LogP contribution is -2.33. The molecule has 0 saturated carbocycles. The number of amides is 2. The van der Waals surface area contributed by atoms with Crippen LogP contribution < -0.4 is 5.32 Å². The first kappa shape index (κ1) is 20.5. The molecule has 29 heavy (non-hydrogen) atoms. The van der Waals surface area contributed by atoms with Gasteiger partial charge >= 0.3 is 5.97 Å². The number of esters is 1. The van der Waals surface area contributed by atoms with E-state index in [1.165, 1.54) is 24.0 Å². The van der Waals surface area contributed by atoms with Crippen molar-refractivity contribution in [2.24, 2.45) is 0 Å². The minimum atomic E-state index is -0.695. The topological polar surface area (TPSA) is 75.7 Å². The molecular weight excluding hydrogens is 399 g/mol. The summed E-state index contributed by atoms with van der Waals surface area (Å²) in [6.07, 6.45) is 3.30. The van der Waals surface area contributed by atoms with Gasteiger partial charge in [0, 0.05) is 18.1 Å². The van der Waals surface area contributed by atoms with E-state index in [9.17, 15) is 18.8 Å². The van der Waals surface area contributed by atoms with Crippen LogP contribution in [0.15, 0.2) is 48.7 Å². The molecule has 150 valence electrons. The van der Waals surface area contributed by atoms with Gasteiger partial charge in [-0.05, 0) is 35.4 Å². The van der Waals surface area contributed by atoms with Crippen LogP contribution in [0.25, 0.3) is 6.08 Å². The minimum absolute atomic E-state index is 0.0652. The Bertz CT molecular complexity index is 992. The number of benzene rings is 2. The number of nitrogens with zero attached hydrogens (tertiary/aromatic N) is 1. The van der Waals surface area contributed by atoms with E-state index < -0.39 is 30.3 Å². The number of anilines is 1. The maximum atomic E-state index is 13.7. The van der Waals surface area contributed by atoms with E-state index in [1.54, 1.807) is 12.3 Å². The second-order valence-corrected chi connectivity index (χ2v) is 6.86. The Labute approximate surface area is 171 Å². The van der Waals surface area contributed by atoms with Gasteiger partial charge in [-0.15, -0.1) is 0 Å². The summed E-state index contributed by atoms with van der Waals surface area (Å²) >= 11 is 5.66. The number of fused-ring (bicyclic) bond motifs is 1. The van der Waals surface area contributed by atoms with Crippen LogP contribution >= 0.6 is 11.6 Å². The van der Waals surface area contributed by atoms with Crippen LogP contribution in [0.2, 0.25) is 5.02 Å². The molecule has 3 rings (SSSR count). The SMILES string of the molecule is CC(=O)N1C=Cc2ccccc2[C@H]1CC(=O)OCC(=O)Nc1ccc(Cl)cc1F. The van der Waals surface area contributed by atoms with Crippen LogP contribution in [0, 0.1) is 5.82 Å². The standard InChI is InChI=1S/C21H18ClFN2O4/c1-13(26)25-9-8-14-4-2-3-5-16(14)19(25)11-21(28)29-12-20(27)24-18-7-6-15(22)10-17(18)23/h2-10,19H,11-12H2,1H3,(H,24,27)/t19-/m1/s1. The molecule has 0 saturated heterocycles.